The monoisotopic (exact) mass is 559 g/mol. The summed E-state index contributed by atoms with van der Waals surface area (Å²) in [7, 11) is 0. The molecule has 1 aliphatic heterocycles. The Morgan fingerprint density at radius 2 is 1.85 bits per heavy atom. The summed E-state index contributed by atoms with van der Waals surface area (Å²) in [5.41, 5.74) is 0.592. The molecule has 2 N–H and O–H groups in total. The Labute approximate surface area is 225 Å². The fourth-order valence-electron chi connectivity index (χ4n) is 6.37. The van der Waals surface area contributed by atoms with Crippen LogP contribution in [0.25, 0.3) is 0 Å². The summed E-state index contributed by atoms with van der Waals surface area (Å²) in [6.45, 7) is 1.37. The number of Topliss-reactive ketones (excluding diaryl/α,β-unsaturated/α-hetero) is 1. The Morgan fingerprint density at radius 3 is 2.52 bits per heavy atom. The van der Waals surface area contributed by atoms with Crippen LogP contribution in [0.2, 0.25) is 0 Å². The van der Waals surface area contributed by atoms with Crippen molar-refractivity contribution in [1.29, 1.82) is 0 Å². The van der Waals surface area contributed by atoms with Gasteiger partial charge in [-0.2, -0.15) is 0 Å². The number of rotatable bonds is 6. The van der Waals surface area contributed by atoms with E-state index in [1.165, 1.54) is 6.92 Å². The lowest BCUT2D eigenvalue weighted by Gasteiger charge is -2.42. The summed E-state index contributed by atoms with van der Waals surface area (Å²) < 4.78 is 43.0. The van der Waals surface area contributed by atoms with E-state index in [1.54, 1.807) is 6.08 Å². The molecule has 0 saturated carbocycles. The number of fused-ring (bicyclic) bond motifs is 3. The van der Waals surface area contributed by atoms with Gasteiger partial charge < -0.3 is 14.9 Å². The van der Waals surface area contributed by atoms with E-state index >= 15 is 0 Å². The minimum atomic E-state index is -5.03. The van der Waals surface area contributed by atoms with E-state index in [-0.39, 0.29) is 54.5 Å². The molecule has 0 spiro atoms. The molecule has 0 radical (unpaired) electrons. The number of aromatic hydroxyl groups is 1. The number of hydrogen-bond acceptors (Lipinski definition) is 7. The predicted molar refractivity (Wildman–Crippen MR) is 130 cm³/mol. The number of benzene rings is 1. The van der Waals surface area contributed by atoms with Crippen LogP contribution in [0, 0.1) is 17.8 Å². The SMILES string of the molecule is CC1=CC(=O)C2=C(C[C@@H]3C(=CC[C@@H]4C(=O)N(CCCC(=O)O)C(=O)[C@@H]43)[C@@H]2c2cc(OC(F)(F)F)ccc2O)C1=O. The molecule has 0 aromatic heterocycles. The van der Waals surface area contributed by atoms with Crippen LogP contribution in [-0.2, 0) is 24.0 Å². The maximum atomic E-state index is 13.5. The van der Waals surface area contributed by atoms with Gasteiger partial charge in [0.1, 0.15) is 11.5 Å². The van der Waals surface area contributed by atoms with Gasteiger partial charge >= 0.3 is 12.3 Å². The highest BCUT2D eigenvalue weighted by atomic mass is 19.4. The van der Waals surface area contributed by atoms with Crippen molar-refractivity contribution in [3.8, 4) is 11.5 Å². The van der Waals surface area contributed by atoms with Gasteiger partial charge in [-0.15, -0.1) is 13.2 Å². The van der Waals surface area contributed by atoms with Crippen LogP contribution in [0.4, 0.5) is 13.2 Å². The molecule has 1 aromatic rings. The number of halogens is 3. The van der Waals surface area contributed by atoms with E-state index in [4.69, 9.17) is 5.11 Å². The van der Waals surface area contributed by atoms with E-state index in [0.717, 1.165) is 29.2 Å². The van der Waals surface area contributed by atoms with Crippen LogP contribution < -0.4 is 4.74 Å². The number of hydrogen-bond donors (Lipinski definition) is 2. The van der Waals surface area contributed by atoms with Crippen molar-refractivity contribution in [2.24, 2.45) is 17.8 Å². The first kappa shape index (κ1) is 27.4. The highest BCUT2D eigenvalue weighted by molar-refractivity contribution is 6.23. The van der Waals surface area contributed by atoms with Gasteiger partial charge in [-0.3, -0.25) is 28.9 Å². The number of amides is 2. The molecule has 0 unspecified atom stereocenters. The lowest BCUT2D eigenvalue weighted by atomic mass is 9.59. The molecule has 2 amide bonds. The second-order valence-electron chi connectivity index (χ2n) is 10.3. The number of nitrogens with zero attached hydrogens (tertiary/aromatic N) is 1. The standard InChI is InChI=1S/C28H24F3NO8/c1-12-9-20(34)24-18(25(12)37)11-16-14(22(24)17-10-13(4-7-19(17)33)40-28(29,30)31)5-6-15-23(16)27(39)32(26(15)38)8-2-3-21(35)36/h4-5,7,9-10,15-16,22-23,33H,2-3,6,8,11H2,1H3,(H,35,36)/t15-,16+,22+,23-/m0/s1. The number of allylic oxidation sites excluding steroid dienone is 6. The van der Waals surface area contributed by atoms with E-state index in [9.17, 15) is 42.3 Å². The molecule has 40 heavy (non-hydrogen) atoms. The number of phenols is 1. The second-order valence-corrected chi connectivity index (χ2v) is 10.3. The molecule has 1 saturated heterocycles. The number of carboxylic acid groups (broad SMARTS) is 1. The summed E-state index contributed by atoms with van der Waals surface area (Å²) in [6.07, 6.45) is -2.36. The lowest BCUT2D eigenvalue weighted by molar-refractivity contribution is -0.274. The van der Waals surface area contributed by atoms with Gasteiger partial charge in [-0.25, -0.2) is 0 Å². The number of carbonyl (C=O) groups excluding carboxylic acids is 4. The summed E-state index contributed by atoms with van der Waals surface area (Å²) in [4.78, 5) is 65.2. The van der Waals surface area contributed by atoms with Crippen molar-refractivity contribution in [3.63, 3.8) is 0 Å². The molecule has 1 fully saturated rings. The quantitative estimate of drug-likeness (QED) is 0.307. The van der Waals surface area contributed by atoms with Crippen molar-refractivity contribution >= 4 is 29.4 Å². The van der Waals surface area contributed by atoms with E-state index in [1.807, 2.05) is 0 Å². The Kier molecular flexibility index (Phi) is 6.67. The van der Waals surface area contributed by atoms with Crippen LogP contribution in [0.3, 0.4) is 0 Å². The van der Waals surface area contributed by atoms with Gasteiger partial charge in [0.05, 0.1) is 11.8 Å². The van der Waals surface area contributed by atoms with Crippen molar-refractivity contribution in [3.05, 3.63) is 58.2 Å². The topological polar surface area (TPSA) is 138 Å². The first-order valence-electron chi connectivity index (χ1n) is 12.6. The highest BCUT2D eigenvalue weighted by Crippen LogP contribution is 2.56. The van der Waals surface area contributed by atoms with E-state index in [2.05, 4.69) is 4.74 Å². The van der Waals surface area contributed by atoms with Crippen molar-refractivity contribution in [2.45, 2.75) is 44.9 Å². The molecule has 5 rings (SSSR count). The average molecular weight is 559 g/mol. The van der Waals surface area contributed by atoms with Crippen LogP contribution in [0.5, 0.6) is 11.5 Å². The minimum Gasteiger partial charge on any atom is -0.508 e. The van der Waals surface area contributed by atoms with Gasteiger partial charge in [0.25, 0.3) is 0 Å². The zero-order valence-corrected chi connectivity index (χ0v) is 21.2. The van der Waals surface area contributed by atoms with Gasteiger partial charge in [-0.05, 0) is 56.4 Å². The van der Waals surface area contributed by atoms with E-state index < -0.39 is 70.9 Å². The number of alkyl halides is 3. The van der Waals surface area contributed by atoms with Crippen LogP contribution >= 0.6 is 0 Å². The van der Waals surface area contributed by atoms with Crippen molar-refractivity contribution in [1.82, 2.24) is 4.90 Å². The Balaban J connectivity index is 1.61. The molecule has 1 heterocycles. The zero-order chi connectivity index (χ0) is 29.1. The Hall–Kier alpha value is -4.22. The van der Waals surface area contributed by atoms with Crippen molar-refractivity contribution in [2.75, 3.05) is 6.54 Å². The van der Waals surface area contributed by atoms with Crippen LogP contribution in [0.1, 0.15) is 44.1 Å². The number of imide groups is 1. The third kappa shape index (κ3) is 4.61. The first-order valence-corrected chi connectivity index (χ1v) is 12.6. The van der Waals surface area contributed by atoms with Gasteiger partial charge in [-0.1, -0.05) is 11.6 Å². The fourth-order valence-corrected chi connectivity index (χ4v) is 6.37. The smallest absolute Gasteiger partial charge is 0.508 e. The number of carboxylic acids is 1. The molecule has 4 atom stereocenters. The minimum absolute atomic E-state index is 0.00564. The Bertz CT molecular complexity index is 1450. The summed E-state index contributed by atoms with van der Waals surface area (Å²) in [5.74, 6) is -7.74. The molecule has 12 heteroatoms. The van der Waals surface area contributed by atoms with E-state index in [0.29, 0.717) is 5.57 Å². The van der Waals surface area contributed by atoms with Crippen LogP contribution in [-0.4, -0.2) is 57.4 Å². The molecule has 9 nitrogen and oxygen atoms in total. The number of ether oxygens (including phenoxy) is 1. The largest absolute Gasteiger partial charge is 0.573 e. The number of carbonyl (C=O) groups is 5. The number of likely N-dealkylation sites (tertiary alicyclic amines) is 1. The maximum absolute atomic E-state index is 13.5. The number of phenolic OH excluding ortho intramolecular Hbond substituents is 1. The third-order valence-corrected chi connectivity index (χ3v) is 7.97. The summed E-state index contributed by atoms with van der Waals surface area (Å²) >= 11 is 0. The molecular formula is C28H24F3NO8. The summed E-state index contributed by atoms with van der Waals surface area (Å²) in [6, 6.07) is 2.87. The first-order chi connectivity index (χ1) is 18.8. The second kappa shape index (κ2) is 9.76. The lowest BCUT2D eigenvalue weighted by Crippen LogP contribution is -2.40. The molecular weight excluding hydrogens is 535 g/mol. The average Bonchev–Trinajstić information content (AvgIpc) is 3.11. The fraction of sp³-hybridized carbons (Fsp3) is 0.393. The molecule has 210 valence electrons. The van der Waals surface area contributed by atoms with Crippen LogP contribution in [0.15, 0.2) is 52.6 Å². The predicted octanol–water partition coefficient (Wildman–Crippen LogP) is 3.59. The number of ketones is 2. The number of aliphatic carboxylic acids is 1. The van der Waals surface area contributed by atoms with Crippen molar-refractivity contribution < 1.29 is 52.1 Å². The molecule has 1 aromatic carbocycles. The van der Waals surface area contributed by atoms with Gasteiger partial charge in [0.15, 0.2) is 11.6 Å². The third-order valence-electron chi connectivity index (χ3n) is 7.97. The Morgan fingerprint density at radius 1 is 1.12 bits per heavy atom. The maximum Gasteiger partial charge on any atom is 0.573 e. The normalized spacial score (nSPS) is 26.2. The van der Waals surface area contributed by atoms with Gasteiger partial charge in [0.2, 0.25) is 11.8 Å². The van der Waals surface area contributed by atoms with Gasteiger partial charge in [0, 0.05) is 41.2 Å². The molecule has 4 aliphatic rings. The molecule has 3 aliphatic carbocycles. The zero-order valence-electron chi connectivity index (χ0n) is 21.2. The summed E-state index contributed by atoms with van der Waals surface area (Å²) in [5, 5.41) is 19.7. The highest BCUT2D eigenvalue weighted by Gasteiger charge is 2.56. The molecule has 0 bridgehead atoms.